The average Bonchev–Trinajstić information content (AvgIpc) is 2.39. The van der Waals surface area contributed by atoms with Gasteiger partial charge in [-0.3, -0.25) is 4.79 Å². The third kappa shape index (κ3) is 4.12. The van der Waals surface area contributed by atoms with Crippen LogP contribution in [0.25, 0.3) is 0 Å². The molecular formula is C14H19ClF2N2O2. The summed E-state index contributed by atoms with van der Waals surface area (Å²) in [6.07, 6.45) is 0.856. The van der Waals surface area contributed by atoms with E-state index in [-0.39, 0.29) is 23.9 Å². The molecule has 1 fully saturated rings. The van der Waals surface area contributed by atoms with Crippen molar-refractivity contribution in [2.45, 2.75) is 31.3 Å². The van der Waals surface area contributed by atoms with Crippen molar-refractivity contribution in [1.29, 1.82) is 0 Å². The number of carbonyl (C=O) groups excluding carboxylic acids is 1. The zero-order valence-electron chi connectivity index (χ0n) is 11.7. The van der Waals surface area contributed by atoms with Gasteiger partial charge in [-0.2, -0.15) is 0 Å². The van der Waals surface area contributed by atoms with E-state index in [0.717, 1.165) is 12.1 Å². The highest BCUT2D eigenvalue weighted by Gasteiger charge is 2.36. The Hall–Kier alpha value is -1.24. The monoisotopic (exact) mass is 320 g/mol. The van der Waals surface area contributed by atoms with Crippen molar-refractivity contribution in [2.24, 2.45) is 5.73 Å². The van der Waals surface area contributed by atoms with Crippen LogP contribution < -0.4 is 11.1 Å². The van der Waals surface area contributed by atoms with Crippen molar-refractivity contribution in [3.8, 4) is 0 Å². The molecule has 1 aromatic rings. The molecule has 1 aliphatic heterocycles. The molecule has 1 atom stereocenters. The van der Waals surface area contributed by atoms with Gasteiger partial charge in [-0.25, -0.2) is 8.78 Å². The summed E-state index contributed by atoms with van der Waals surface area (Å²) in [5.41, 5.74) is 5.29. The molecule has 1 saturated heterocycles. The van der Waals surface area contributed by atoms with Crippen LogP contribution in [-0.4, -0.2) is 24.7 Å². The van der Waals surface area contributed by atoms with E-state index in [0.29, 0.717) is 26.1 Å². The van der Waals surface area contributed by atoms with Crippen LogP contribution in [0.4, 0.5) is 8.78 Å². The van der Waals surface area contributed by atoms with E-state index in [1.54, 1.807) is 6.92 Å². The molecule has 0 aromatic heterocycles. The Kier molecular flexibility index (Phi) is 6.07. The lowest BCUT2D eigenvalue weighted by Gasteiger charge is -2.33. The number of nitrogens with two attached hydrogens (primary N) is 1. The summed E-state index contributed by atoms with van der Waals surface area (Å²) in [6.45, 7) is 2.50. The summed E-state index contributed by atoms with van der Waals surface area (Å²) < 4.78 is 31.7. The molecule has 1 amide bonds. The second-order valence-electron chi connectivity index (χ2n) is 5.13. The molecule has 0 spiro atoms. The second kappa shape index (κ2) is 7.15. The summed E-state index contributed by atoms with van der Waals surface area (Å²) in [4.78, 5) is 12.2. The highest BCUT2D eigenvalue weighted by atomic mass is 35.5. The maximum absolute atomic E-state index is 13.6. The molecule has 0 saturated carbocycles. The molecule has 2 rings (SSSR count). The molecule has 21 heavy (non-hydrogen) atoms. The Bertz CT molecular complexity index is 508. The SMILES string of the molecule is CC(NC(=O)C1(N)CCOCC1)c1ccc(F)cc1F.Cl. The highest BCUT2D eigenvalue weighted by Crippen LogP contribution is 2.22. The topological polar surface area (TPSA) is 64.4 Å². The van der Waals surface area contributed by atoms with Gasteiger partial charge in [0.25, 0.3) is 0 Å². The van der Waals surface area contributed by atoms with Crippen molar-refractivity contribution < 1.29 is 18.3 Å². The van der Waals surface area contributed by atoms with Crippen molar-refractivity contribution in [1.82, 2.24) is 5.32 Å². The molecule has 1 aromatic carbocycles. The summed E-state index contributed by atoms with van der Waals surface area (Å²) in [5.74, 6) is -1.67. The predicted octanol–water partition coefficient (Wildman–Crippen LogP) is 2.07. The van der Waals surface area contributed by atoms with Gasteiger partial charge < -0.3 is 15.8 Å². The predicted molar refractivity (Wildman–Crippen MR) is 77.1 cm³/mol. The van der Waals surface area contributed by atoms with Crippen molar-refractivity contribution in [3.63, 3.8) is 0 Å². The maximum atomic E-state index is 13.6. The normalized spacial score (nSPS) is 18.5. The number of benzene rings is 1. The van der Waals surface area contributed by atoms with Crippen LogP contribution in [0.3, 0.4) is 0 Å². The van der Waals surface area contributed by atoms with Gasteiger partial charge in [-0.15, -0.1) is 12.4 Å². The second-order valence-corrected chi connectivity index (χ2v) is 5.13. The number of halogens is 3. The lowest BCUT2D eigenvalue weighted by Crippen LogP contribution is -2.57. The van der Waals surface area contributed by atoms with Crippen LogP contribution in [0.5, 0.6) is 0 Å². The molecule has 0 radical (unpaired) electrons. The Morgan fingerprint density at radius 2 is 2.00 bits per heavy atom. The minimum atomic E-state index is -0.983. The summed E-state index contributed by atoms with van der Waals surface area (Å²) in [5, 5.41) is 2.68. The first-order valence-electron chi connectivity index (χ1n) is 6.55. The molecule has 0 bridgehead atoms. The van der Waals surface area contributed by atoms with Gasteiger partial charge in [0, 0.05) is 24.8 Å². The van der Waals surface area contributed by atoms with Gasteiger partial charge >= 0.3 is 0 Å². The van der Waals surface area contributed by atoms with Crippen LogP contribution in [0.15, 0.2) is 18.2 Å². The van der Waals surface area contributed by atoms with E-state index in [1.165, 1.54) is 6.07 Å². The lowest BCUT2D eigenvalue weighted by atomic mass is 9.90. The van der Waals surface area contributed by atoms with Gasteiger partial charge in [-0.1, -0.05) is 6.07 Å². The molecule has 7 heteroatoms. The summed E-state index contributed by atoms with van der Waals surface area (Å²) in [7, 11) is 0. The molecule has 1 unspecified atom stereocenters. The van der Waals surface area contributed by atoms with Crippen LogP contribution in [0.2, 0.25) is 0 Å². The Morgan fingerprint density at radius 1 is 1.38 bits per heavy atom. The molecule has 118 valence electrons. The number of rotatable bonds is 3. The standard InChI is InChI=1S/C14H18F2N2O2.ClH/c1-9(11-3-2-10(15)8-12(11)16)18-13(19)14(17)4-6-20-7-5-14;/h2-3,8-9H,4-7,17H2,1H3,(H,18,19);1H. The van der Waals surface area contributed by atoms with E-state index >= 15 is 0 Å². The van der Waals surface area contributed by atoms with E-state index in [1.807, 2.05) is 0 Å². The van der Waals surface area contributed by atoms with Gasteiger partial charge in [0.2, 0.25) is 5.91 Å². The number of hydrogen-bond acceptors (Lipinski definition) is 3. The fourth-order valence-corrected chi connectivity index (χ4v) is 2.23. The third-order valence-corrected chi connectivity index (χ3v) is 3.61. The summed E-state index contributed by atoms with van der Waals surface area (Å²) in [6, 6.07) is 2.70. The molecule has 4 nitrogen and oxygen atoms in total. The first kappa shape index (κ1) is 17.8. The van der Waals surface area contributed by atoms with E-state index < -0.39 is 23.2 Å². The smallest absolute Gasteiger partial charge is 0.240 e. The Labute approximate surface area is 128 Å². The third-order valence-electron chi connectivity index (χ3n) is 3.61. The minimum Gasteiger partial charge on any atom is -0.381 e. The van der Waals surface area contributed by atoms with Gasteiger partial charge in [-0.05, 0) is 25.8 Å². The lowest BCUT2D eigenvalue weighted by molar-refractivity contribution is -0.130. The largest absolute Gasteiger partial charge is 0.381 e. The number of amides is 1. The van der Waals surface area contributed by atoms with Crippen molar-refractivity contribution in [2.75, 3.05) is 13.2 Å². The van der Waals surface area contributed by atoms with E-state index in [9.17, 15) is 13.6 Å². The highest BCUT2D eigenvalue weighted by molar-refractivity contribution is 5.86. The maximum Gasteiger partial charge on any atom is 0.240 e. The molecule has 1 aliphatic rings. The van der Waals surface area contributed by atoms with Crippen LogP contribution in [0.1, 0.15) is 31.4 Å². The number of carbonyl (C=O) groups is 1. The van der Waals surface area contributed by atoms with E-state index in [4.69, 9.17) is 10.5 Å². The van der Waals surface area contributed by atoms with Gasteiger partial charge in [0.05, 0.1) is 11.6 Å². The quantitative estimate of drug-likeness (QED) is 0.896. The number of hydrogen-bond donors (Lipinski definition) is 2. The number of nitrogens with one attached hydrogen (secondary N) is 1. The zero-order valence-corrected chi connectivity index (χ0v) is 12.5. The minimum absolute atomic E-state index is 0. The van der Waals surface area contributed by atoms with Gasteiger partial charge in [0.15, 0.2) is 0 Å². The Morgan fingerprint density at radius 3 is 2.57 bits per heavy atom. The molecule has 3 N–H and O–H groups in total. The Balaban J connectivity index is 0.00000220. The molecule has 1 heterocycles. The average molecular weight is 321 g/mol. The summed E-state index contributed by atoms with van der Waals surface area (Å²) >= 11 is 0. The van der Waals surface area contributed by atoms with Crippen LogP contribution in [-0.2, 0) is 9.53 Å². The first-order valence-corrected chi connectivity index (χ1v) is 6.55. The van der Waals surface area contributed by atoms with Crippen LogP contribution in [0, 0.1) is 11.6 Å². The first-order chi connectivity index (χ1) is 9.42. The zero-order chi connectivity index (χ0) is 14.8. The van der Waals surface area contributed by atoms with Crippen LogP contribution >= 0.6 is 12.4 Å². The molecule has 0 aliphatic carbocycles. The van der Waals surface area contributed by atoms with Crippen molar-refractivity contribution in [3.05, 3.63) is 35.4 Å². The number of ether oxygens (including phenoxy) is 1. The van der Waals surface area contributed by atoms with Gasteiger partial charge in [0.1, 0.15) is 11.6 Å². The van der Waals surface area contributed by atoms with Crippen molar-refractivity contribution >= 4 is 18.3 Å². The fourth-order valence-electron chi connectivity index (χ4n) is 2.23. The fraction of sp³-hybridized carbons (Fsp3) is 0.500. The van der Waals surface area contributed by atoms with E-state index in [2.05, 4.69) is 5.32 Å². The molecular weight excluding hydrogens is 302 g/mol.